The number of ether oxygens (including phenoxy) is 1. The van der Waals surface area contributed by atoms with Crippen LogP contribution >= 0.6 is 11.8 Å². The van der Waals surface area contributed by atoms with E-state index in [-0.39, 0.29) is 16.6 Å². The van der Waals surface area contributed by atoms with Crippen LogP contribution in [-0.4, -0.2) is 49.0 Å². The number of carbonyl (C=O) groups is 1. The van der Waals surface area contributed by atoms with Gasteiger partial charge >= 0.3 is 0 Å². The third kappa shape index (κ3) is 5.29. The Morgan fingerprint density at radius 2 is 1.88 bits per heavy atom. The first-order chi connectivity index (χ1) is 15.3. The lowest BCUT2D eigenvalue weighted by molar-refractivity contribution is -0.113. The summed E-state index contributed by atoms with van der Waals surface area (Å²) in [6.07, 6.45) is 0. The monoisotopic (exact) mass is 475 g/mol. The standard InChI is InChI=1S/C21H25N5O4S2/c1-5-26-20(15-7-10-17(30-4)11-8-15)24-25-21(26)31-13-19(27)23-16-9-6-14(2)18(12-16)32(28,29)22-3/h6-12,22H,5,13H2,1-4H3,(H,23,27). The number of benzene rings is 2. The lowest BCUT2D eigenvalue weighted by Gasteiger charge is -2.11. The van der Waals surface area contributed by atoms with E-state index in [0.717, 1.165) is 11.3 Å². The van der Waals surface area contributed by atoms with Crippen LogP contribution in [0.2, 0.25) is 0 Å². The molecule has 1 amide bonds. The first-order valence-corrected chi connectivity index (χ1v) is 12.3. The molecule has 0 bridgehead atoms. The molecule has 3 rings (SSSR count). The molecule has 1 heterocycles. The fourth-order valence-electron chi connectivity index (χ4n) is 3.04. The summed E-state index contributed by atoms with van der Waals surface area (Å²) >= 11 is 1.26. The fraction of sp³-hybridized carbons (Fsp3) is 0.286. The number of sulfonamides is 1. The smallest absolute Gasteiger partial charge is 0.240 e. The molecule has 2 N–H and O–H groups in total. The molecule has 0 spiro atoms. The number of hydrogen-bond donors (Lipinski definition) is 2. The van der Waals surface area contributed by atoms with Gasteiger partial charge in [-0.3, -0.25) is 4.79 Å². The molecule has 0 aliphatic heterocycles. The minimum Gasteiger partial charge on any atom is -0.497 e. The SMILES string of the molecule is CCn1c(SCC(=O)Nc2ccc(C)c(S(=O)(=O)NC)c2)nnc1-c1ccc(OC)cc1. The first-order valence-electron chi connectivity index (χ1n) is 9.83. The molecule has 2 aromatic carbocycles. The highest BCUT2D eigenvalue weighted by molar-refractivity contribution is 7.99. The summed E-state index contributed by atoms with van der Waals surface area (Å²) in [4.78, 5) is 12.6. The van der Waals surface area contributed by atoms with Crippen LogP contribution in [0.5, 0.6) is 5.75 Å². The molecule has 0 fully saturated rings. The second-order valence-corrected chi connectivity index (χ2v) is 9.60. The molecule has 0 saturated heterocycles. The van der Waals surface area contributed by atoms with Crippen LogP contribution in [0.4, 0.5) is 5.69 Å². The van der Waals surface area contributed by atoms with Gasteiger partial charge in [0.1, 0.15) is 5.75 Å². The topological polar surface area (TPSA) is 115 Å². The maximum atomic E-state index is 12.5. The van der Waals surface area contributed by atoms with Crippen LogP contribution in [-0.2, 0) is 21.4 Å². The summed E-state index contributed by atoms with van der Waals surface area (Å²) in [7, 11) is -0.656. The van der Waals surface area contributed by atoms with Gasteiger partial charge in [-0.2, -0.15) is 0 Å². The molecule has 0 saturated carbocycles. The number of nitrogens with zero attached hydrogens (tertiary/aromatic N) is 3. The summed E-state index contributed by atoms with van der Waals surface area (Å²) in [5, 5.41) is 11.9. The van der Waals surface area contributed by atoms with E-state index in [1.165, 1.54) is 24.9 Å². The van der Waals surface area contributed by atoms with E-state index in [9.17, 15) is 13.2 Å². The maximum absolute atomic E-state index is 12.5. The molecule has 0 atom stereocenters. The molecular formula is C21H25N5O4S2. The molecule has 170 valence electrons. The predicted molar refractivity (Wildman–Crippen MR) is 124 cm³/mol. The lowest BCUT2D eigenvalue weighted by Crippen LogP contribution is -2.20. The van der Waals surface area contributed by atoms with Gasteiger partial charge in [0.05, 0.1) is 17.8 Å². The van der Waals surface area contributed by atoms with Crippen LogP contribution in [0.1, 0.15) is 12.5 Å². The second kappa shape index (κ2) is 10.2. The minimum atomic E-state index is -3.62. The minimum absolute atomic E-state index is 0.0999. The zero-order chi connectivity index (χ0) is 23.3. The number of thioether (sulfide) groups is 1. The number of methoxy groups -OCH3 is 1. The van der Waals surface area contributed by atoms with Crippen molar-refractivity contribution in [3.63, 3.8) is 0 Å². The fourth-order valence-corrected chi connectivity index (χ4v) is 4.83. The molecule has 0 unspecified atom stereocenters. The van der Waals surface area contributed by atoms with Gasteiger partial charge in [0.15, 0.2) is 11.0 Å². The Balaban J connectivity index is 1.70. The Morgan fingerprint density at radius 1 is 1.16 bits per heavy atom. The highest BCUT2D eigenvalue weighted by Gasteiger charge is 2.17. The van der Waals surface area contributed by atoms with Gasteiger partial charge in [0, 0.05) is 17.8 Å². The van der Waals surface area contributed by atoms with Crippen molar-refractivity contribution in [2.45, 2.75) is 30.4 Å². The average Bonchev–Trinajstić information content (AvgIpc) is 3.21. The Morgan fingerprint density at radius 3 is 2.50 bits per heavy atom. The molecule has 32 heavy (non-hydrogen) atoms. The number of amides is 1. The number of rotatable bonds is 9. The third-order valence-electron chi connectivity index (χ3n) is 4.74. The largest absolute Gasteiger partial charge is 0.497 e. The van der Waals surface area contributed by atoms with Gasteiger partial charge in [0.25, 0.3) is 0 Å². The Kier molecular flexibility index (Phi) is 7.54. The van der Waals surface area contributed by atoms with Crippen LogP contribution < -0.4 is 14.8 Å². The summed E-state index contributed by atoms with van der Waals surface area (Å²) in [6, 6.07) is 12.3. The van der Waals surface area contributed by atoms with E-state index in [4.69, 9.17) is 4.74 Å². The van der Waals surface area contributed by atoms with Crippen molar-refractivity contribution in [3.05, 3.63) is 48.0 Å². The maximum Gasteiger partial charge on any atom is 0.240 e. The predicted octanol–water partition coefficient (Wildman–Crippen LogP) is 2.92. The van der Waals surface area contributed by atoms with Gasteiger partial charge < -0.3 is 14.6 Å². The van der Waals surface area contributed by atoms with E-state index < -0.39 is 10.0 Å². The highest BCUT2D eigenvalue weighted by Crippen LogP contribution is 2.26. The van der Waals surface area contributed by atoms with Gasteiger partial charge in [-0.25, -0.2) is 13.1 Å². The second-order valence-electron chi connectivity index (χ2n) is 6.80. The van der Waals surface area contributed by atoms with Crippen molar-refractivity contribution in [3.8, 4) is 17.1 Å². The zero-order valence-electron chi connectivity index (χ0n) is 18.2. The lowest BCUT2D eigenvalue weighted by atomic mass is 10.2. The Labute approximate surface area is 191 Å². The molecule has 0 radical (unpaired) electrons. The van der Waals surface area contributed by atoms with Crippen molar-refractivity contribution in [2.24, 2.45) is 0 Å². The van der Waals surface area contributed by atoms with Crippen molar-refractivity contribution < 1.29 is 17.9 Å². The quantitative estimate of drug-likeness (QED) is 0.457. The Bertz CT molecular complexity index is 1210. The molecule has 9 nitrogen and oxygen atoms in total. The summed E-state index contributed by atoms with van der Waals surface area (Å²) in [5.74, 6) is 1.29. The van der Waals surface area contributed by atoms with Gasteiger partial charge in [-0.1, -0.05) is 17.8 Å². The van der Waals surface area contributed by atoms with Crippen LogP contribution in [0.3, 0.4) is 0 Å². The number of anilines is 1. The van der Waals surface area contributed by atoms with E-state index in [1.54, 1.807) is 26.2 Å². The summed E-state index contributed by atoms with van der Waals surface area (Å²) in [6.45, 7) is 4.32. The van der Waals surface area contributed by atoms with Crippen molar-refractivity contribution >= 4 is 33.4 Å². The van der Waals surface area contributed by atoms with Gasteiger partial charge in [0.2, 0.25) is 15.9 Å². The van der Waals surface area contributed by atoms with Crippen molar-refractivity contribution in [2.75, 3.05) is 25.2 Å². The molecule has 11 heteroatoms. The molecule has 3 aromatic rings. The van der Waals surface area contributed by atoms with Crippen LogP contribution in [0, 0.1) is 6.92 Å². The van der Waals surface area contributed by atoms with Crippen molar-refractivity contribution in [1.82, 2.24) is 19.5 Å². The van der Waals surface area contributed by atoms with Gasteiger partial charge in [-0.05, 0) is 62.9 Å². The number of hydrogen-bond acceptors (Lipinski definition) is 7. The summed E-state index contributed by atoms with van der Waals surface area (Å²) < 4.78 is 33.7. The number of nitrogens with one attached hydrogen (secondary N) is 2. The molecular weight excluding hydrogens is 450 g/mol. The normalized spacial score (nSPS) is 11.4. The molecule has 0 aliphatic rings. The molecule has 0 aliphatic carbocycles. The van der Waals surface area contributed by atoms with Gasteiger partial charge in [-0.15, -0.1) is 10.2 Å². The Hall–Kier alpha value is -2.89. The van der Waals surface area contributed by atoms with E-state index in [2.05, 4.69) is 20.2 Å². The van der Waals surface area contributed by atoms with E-state index in [0.29, 0.717) is 28.8 Å². The van der Waals surface area contributed by atoms with Crippen molar-refractivity contribution in [1.29, 1.82) is 0 Å². The van der Waals surface area contributed by atoms with E-state index in [1.807, 2.05) is 35.8 Å². The van der Waals surface area contributed by atoms with E-state index >= 15 is 0 Å². The number of carbonyl (C=O) groups excluding carboxylic acids is 1. The zero-order valence-corrected chi connectivity index (χ0v) is 19.9. The van der Waals surface area contributed by atoms with Crippen LogP contribution in [0.25, 0.3) is 11.4 Å². The number of aromatic nitrogens is 3. The third-order valence-corrected chi connectivity index (χ3v) is 7.27. The first kappa shape index (κ1) is 23.8. The van der Waals surface area contributed by atoms with Crippen LogP contribution in [0.15, 0.2) is 52.5 Å². The average molecular weight is 476 g/mol. The highest BCUT2D eigenvalue weighted by atomic mass is 32.2. The molecule has 1 aromatic heterocycles. The summed E-state index contributed by atoms with van der Waals surface area (Å²) in [5.41, 5.74) is 1.90. The number of aryl methyl sites for hydroxylation is 1.